The molecule has 1 unspecified atom stereocenters. The topological polar surface area (TPSA) is 75.2 Å². The molecule has 1 aliphatic heterocycles. The number of anilines is 1. The fourth-order valence-corrected chi connectivity index (χ4v) is 3.22. The zero-order valence-corrected chi connectivity index (χ0v) is 10.6. The number of hydrogen-bond donors (Lipinski definition) is 1. The second kappa shape index (κ2) is 4.64. The molecule has 0 radical (unpaired) electrons. The van der Waals surface area contributed by atoms with Crippen LogP contribution in [0.25, 0.3) is 0 Å². The minimum Gasteiger partial charge on any atom is -0.345 e. The lowest BCUT2D eigenvalue weighted by atomic mass is 10.1. The van der Waals surface area contributed by atoms with Gasteiger partial charge in [0.25, 0.3) is 0 Å². The molecule has 0 bridgehead atoms. The van der Waals surface area contributed by atoms with Crippen molar-refractivity contribution >= 4 is 26.7 Å². The Bertz CT molecular complexity index is 431. The molecule has 16 heavy (non-hydrogen) atoms. The van der Waals surface area contributed by atoms with Crippen LogP contribution in [0.4, 0.5) is 5.13 Å². The van der Waals surface area contributed by atoms with Gasteiger partial charge < -0.3 is 4.90 Å². The zero-order chi connectivity index (χ0) is 11.6. The number of rotatable bonds is 3. The summed E-state index contributed by atoms with van der Waals surface area (Å²) in [6.45, 7) is 1.58. The molecular weight excluding hydrogens is 248 g/mol. The predicted molar refractivity (Wildman–Crippen MR) is 63.1 cm³/mol. The van der Waals surface area contributed by atoms with Crippen molar-refractivity contribution < 1.29 is 8.42 Å². The van der Waals surface area contributed by atoms with Gasteiger partial charge in [-0.25, -0.2) is 18.1 Å². The first-order valence-electron chi connectivity index (χ1n) is 5.03. The second-order valence-electron chi connectivity index (χ2n) is 3.90. The van der Waals surface area contributed by atoms with Crippen LogP contribution < -0.4 is 9.62 Å². The molecular formula is C8H14N4O2S2. The maximum Gasteiger partial charge on any atom is 0.209 e. The molecule has 8 heteroatoms. The number of nitrogens with one attached hydrogen (secondary N) is 1. The summed E-state index contributed by atoms with van der Waals surface area (Å²) in [7, 11) is -3.13. The van der Waals surface area contributed by atoms with Crippen LogP contribution in [-0.2, 0) is 10.0 Å². The third-order valence-electron chi connectivity index (χ3n) is 2.42. The Morgan fingerprint density at radius 1 is 1.62 bits per heavy atom. The lowest BCUT2D eigenvalue weighted by molar-refractivity contribution is 0.467. The monoisotopic (exact) mass is 262 g/mol. The van der Waals surface area contributed by atoms with Gasteiger partial charge in [-0.15, -0.1) is 0 Å². The Hall–Kier alpha value is -0.730. The van der Waals surface area contributed by atoms with E-state index in [9.17, 15) is 8.42 Å². The maximum atomic E-state index is 11.1. The van der Waals surface area contributed by atoms with Crippen LogP contribution in [0.5, 0.6) is 0 Å². The minimum atomic E-state index is -3.13. The summed E-state index contributed by atoms with van der Waals surface area (Å²) < 4.78 is 28.9. The van der Waals surface area contributed by atoms with Crippen molar-refractivity contribution in [3.8, 4) is 0 Å². The molecule has 1 atom stereocenters. The standard InChI is InChI=1S/C8H14N4O2S2/c1-16(13,14)11-7-3-2-4-12(5-7)8-9-6-10-15-8/h6-7,11H,2-5H2,1H3. The first-order chi connectivity index (χ1) is 7.54. The molecule has 0 spiro atoms. The summed E-state index contributed by atoms with van der Waals surface area (Å²) in [5.41, 5.74) is 0. The molecule has 2 heterocycles. The van der Waals surface area contributed by atoms with E-state index in [0.717, 1.165) is 24.5 Å². The summed E-state index contributed by atoms with van der Waals surface area (Å²) in [5, 5.41) is 0.861. The van der Waals surface area contributed by atoms with Crippen molar-refractivity contribution in [2.24, 2.45) is 0 Å². The van der Waals surface area contributed by atoms with Crippen LogP contribution in [0.3, 0.4) is 0 Å². The highest BCUT2D eigenvalue weighted by molar-refractivity contribution is 7.88. The molecule has 1 saturated heterocycles. The lowest BCUT2D eigenvalue weighted by Crippen LogP contribution is -2.47. The van der Waals surface area contributed by atoms with Crippen LogP contribution in [0, 0.1) is 0 Å². The first kappa shape index (κ1) is 11.7. The van der Waals surface area contributed by atoms with E-state index in [1.165, 1.54) is 24.1 Å². The normalized spacial score (nSPS) is 22.3. The maximum absolute atomic E-state index is 11.1. The van der Waals surface area contributed by atoms with Gasteiger partial charge in [-0.05, 0) is 12.8 Å². The van der Waals surface area contributed by atoms with Crippen molar-refractivity contribution in [2.45, 2.75) is 18.9 Å². The van der Waals surface area contributed by atoms with E-state index in [0.29, 0.717) is 6.54 Å². The highest BCUT2D eigenvalue weighted by atomic mass is 32.2. The van der Waals surface area contributed by atoms with Crippen molar-refractivity contribution in [1.29, 1.82) is 0 Å². The highest BCUT2D eigenvalue weighted by Crippen LogP contribution is 2.20. The third kappa shape index (κ3) is 3.13. The minimum absolute atomic E-state index is 0.0207. The molecule has 0 saturated carbocycles. The predicted octanol–water partition coefficient (Wildman–Crippen LogP) is 0.0561. The Labute approximate surface area is 98.9 Å². The van der Waals surface area contributed by atoms with Crippen LogP contribution in [0.1, 0.15) is 12.8 Å². The SMILES string of the molecule is CS(=O)(=O)NC1CCCN(c2ncns2)C1. The molecule has 1 fully saturated rings. The summed E-state index contributed by atoms with van der Waals surface area (Å²) in [5.74, 6) is 0. The average Bonchev–Trinajstić information content (AvgIpc) is 2.68. The summed E-state index contributed by atoms with van der Waals surface area (Å²) in [4.78, 5) is 6.20. The van der Waals surface area contributed by atoms with Gasteiger partial charge in [0, 0.05) is 30.7 Å². The number of aromatic nitrogens is 2. The van der Waals surface area contributed by atoms with Gasteiger partial charge in [0.05, 0.1) is 6.26 Å². The third-order valence-corrected chi connectivity index (χ3v) is 3.91. The fraction of sp³-hybridized carbons (Fsp3) is 0.750. The Balaban J connectivity index is 2.00. The quantitative estimate of drug-likeness (QED) is 0.833. The molecule has 1 N–H and O–H groups in total. The fourth-order valence-electron chi connectivity index (χ4n) is 1.86. The van der Waals surface area contributed by atoms with E-state index in [2.05, 4.69) is 19.0 Å². The molecule has 1 aromatic heterocycles. The molecule has 1 aliphatic rings. The highest BCUT2D eigenvalue weighted by Gasteiger charge is 2.23. The van der Waals surface area contributed by atoms with E-state index in [-0.39, 0.29) is 6.04 Å². The largest absolute Gasteiger partial charge is 0.345 e. The van der Waals surface area contributed by atoms with E-state index in [1.807, 2.05) is 0 Å². The van der Waals surface area contributed by atoms with Gasteiger partial charge in [0.1, 0.15) is 6.33 Å². The smallest absolute Gasteiger partial charge is 0.209 e. The lowest BCUT2D eigenvalue weighted by Gasteiger charge is -2.32. The molecule has 0 amide bonds. The van der Waals surface area contributed by atoms with Gasteiger partial charge >= 0.3 is 0 Å². The van der Waals surface area contributed by atoms with Crippen molar-refractivity contribution in [3.05, 3.63) is 6.33 Å². The molecule has 90 valence electrons. The van der Waals surface area contributed by atoms with Crippen LogP contribution in [-0.4, -0.2) is 43.2 Å². The number of piperidine rings is 1. The zero-order valence-electron chi connectivity index (χ0n) is 8.96. The molecule has 1 aromatic rings. The Morgan fingerprint density at radius 2 is 2.44 bits per heavy atom. The van der Waals surface area contributed by atoms with E-state index in [4.69, 9.17) is 0 Å². The Kier molecular flexibility index (Phi) is 3.41. The van der Waals surface area contributed by atoms with E-state index >= 15 is 0 Å². The molecule has 0 aliphatic carbocycles. The number of sulfonamides is 1. The number of hydrogen-bond acceptors (Lipinski definition) is 6. The van der Waals surface area contributed by atoms with E-state index < -0.39 is 10.0 Å². The molecule has 0 aromatic carbocycles. The molecule has 6 nitrogen and oxygen atoms in total. The molecule has 2 rings (SSSR count). The summed E-state index contributed by atoms with van der Waals surface area (Å²) in [6.07, 6.45) is 4.56. The van der Waals surface area contributed by atoms with Crippen LogP contribution >= 0.6 is 11.5 Å². The van der Waals surface area contributed by atoms with Crippen molar-refractivity contribution in [3.63, 3.8) is 0 Å². The van der Waals surface area contributed by atoms with Crippen molar-refractivity contribution in [1.82, 2.24) is 14.1 Å². The van der Waals surface area contributed by atoms with E-state index in [1.54, 1.807) is 0 Å². The van der Waals surface area contributed by atoms with Gasteiger partial charge in [-0.3, -0.25) is 0 Å². The van der Waals surface area contributed by atoms with Gasteiger partial charge in [0.2, 0.25) is 15.2 Å². The summed E-state index contributed by atoms with van der Waals surface area (Å²) in [6, 6.07) is -0.0207. The Morgan fingerprint density at radius 3 is 3.06 bits per heavy atom. The first-order valence-corrected chi connectivity index (χ1v) is 7.70. The van der Waals surface area contributed by atoms with Gasteiger partial charge in [-0.1, -0.05) is 0 Å². The van der Waals surface area contributed by atoms with Crippen molar-refractivity contribution in [2.75, 3.05) is 24.2 Å². The van der Waals surface area contributed by atoms with Crippen LogP contribution in [0.15, 0.2) is 6.33 Å². The van der Waals surface area contributed by atoms with Gasteiger partial charge in [0.15, 0.2) is 0 Å². The second-order valence-corrected chi connectivity index (χ2v) is 6.44. The number of nitrogens with zero attached hydrogens (tertiary/aromatic N) is 3. The average molecular weight is 262 g/mol. The summed E-state index contributed by atoms with van der Waals surface area (Å²) >= 11 is 1.34. The van der Waals surface area contributed by atoms with Crippen LogP contribution in [0.2, 0.25) is 0 Å². The van der Waals surface area contributed by atoms with Gasteiger partial charge in [-0.2, -0.15) is 4.37 Å².